The molecule has 3 aromatic carbocycles. The zero-order chi connectivity index (χ0) is 25.0. The molecular weight excluding hydrogens is 449 g/mol. The zero-order valence-corrected chi connectivity index (χ0v) is 20.1. The van der Waals surface area contributed by atoms with E-state index in [0.29, 0.717) is 24.2 Å². The summed E-state index contributed by atoms with van der Waals surface area (Å²) in [6.45, 7) is 4.95. The van der Waals surface area contributed by atoms with Gasteiger partial charge in [-0.05, 0) is 62.4 Å². The lowest BCUT2D eigenvalue weighted by molar-refractivity contribution is -0.137. The van der Waals surface area contributed by atoms with Crippen LogP contribution >= 0.6 is 0 Å². The quantitative estimate of drug-likeness (QED) is 0.447. The second kappa shape index (κ2) is 10.6. The third-order valence-corrected chi connectivity index (χ3v) is 6.61. The number of aryl methyl sites for hydroxylation is 2. The number of carbonyl (C=O) groups excluding carboxylic acids is 1. The van der Waals surface area contributed by atoms with Crippen molar-refractivity contribution < 1.29 is 18.0 Å². The Kier molecular flexibility index (Phi) is 7.60. The molecule has 184 valence electrons. The van der Waals surface area contributed by atoms with Crippen LogP contribution in [0.15, 0.2) is 72.8 Å². The molecule has 1 amide bonds. The first-order chi connectivity index (χ1) is 16.7. The van der Waals surface area contributed by atoms with E-state index in [1.165, 1.54) is 12.1 Å². The highest BCUT2D eigenvalue weighted by atomic mass is 19.4. The summed E-state index contributed by atoms with van der Waals surface area (Å²) < 4.78 is 39.2. The number of likely N-dealkylation sites (tertiary alicyclic amines) is 1. The summed E-state index contributed by atoms with van der Waals surface area (Å²) in [5, 5.41) is 3.44. The Morgan fingerprint density at radius 2 is 1.63 bits per heavy atom. The minimum atomic E-state index is -4.35. The van der Waals surface area contributed by atoms with E-state index < -0.39 is 11.7 Å². The van der Waals surface area contributed by atoms with Crippen molar-refractivity contribution in [2.45, 2.75) is 57.9 Å². The van der Waals surface area contributed by atoms with Gasteiger partial charge in [0.1, 0.15) is 0 Å². The summed E-state index contributed by atoms with van der Waals surface area (Å²) in [6, 6.07) is 21.6. The largest absolute Gasteiger partial charge is 0.416 e. The van der Waals surface area contributed by atoms with Gasteiger partial charge in [-0.15, -0.1) is 0 Å². The fourth-order valence-electron chi connectivity index (χ4n) is 4.97. The van der Waals surface area contributed by atoms with E-state index in [2.05, 4.69) is 23.5 Å². The molecule has 0 spiro atoms. The molecule has 4 rings (SSSR count). The van der Waals surface area contributed by atoms with Crippen LogP contribution in [-0.2, 0) is 19.1 Å². The Balaban J connectivity index is 1.49. The zero-order valence-electron chi connectivity index (χ0n) is 20.1. The van der Waals surface area contributed by atoms with Crippen LogP contribution in [0, 0.1) is 13.8 Å². The maximum absolute atomic E-state index is 13.5. The first-order valence-electron chi connectivity index (χ1n) is 12.0. The maximum Gasteiger partial charge on any atom is 0.416 e. The number of nitrogens with one attached hydrogen (secondary N) is 1. The fourth-order valence-corrected chi connectivity index (χ4v) is 4.97. The Morgan fingerprint density at radius 3 is 2.31 bits per heavy atom. The van der Waals surface area contributed by atoms with Crippen molar-refractivity contribution in [1.82, 2.24) is 10.2 Å². The minimum absolute atomic E-state index is 0.00141. The summed E-state index contributed by atoms with van der Waals surface area (Å²) in [6.07, 6.45) is -2.12. The van der Waals surface area contributed by atoms with Crippen LogP contribution in [0.25, 0.3) is 0 Å². The normalized spacial score (nSPS) is 18.5. The van der Waals surface area contributed by atoms with E-state index in [1.54, 1.807) is 6.07 Å². The van der Waals surface area contributed by atoms with Gasteiger partial charge < -0.3 is 10.2 Å². The van der Waals surface area contributed by atoms with E-state index in [1.807, 2.05) is 49.1 Å². The molecule has 1 aliphatic heterocycles. The van der Waals surface area contributed by atoms with Crippen LogP contribution in [0.5, 0.6) is 0 Å². The summed E-state index contributed by atoms with van der Waals surface area (Å²) in [5.74, 6) is 0.0362. The lowest BCUT2D eigenvalue weighted by atomic mass is 9.91. The van der Waals surface area contributed by atoms with Crippen molar-refractivity contribution in [3.8, 4) is 0 Å². The van der Waals surface area contributed by atoms with Crippen LogP contribution in [0.4, 0.5) is 13.2 Å². The molecule has 1 N–H and O–H groups in total. The molecule has 0 unspecified atom stereocenters. The third kappa shape index (κ3) is 6.51. The summed E-state index contributed by atoms with van der Waals surface area (Å²) in [5.41, 5.74) is 3.96. The monoisotopic (exact) mass is 480 g/mol. The number of hydrogen-bond donors (Lipinski definition) is 1. The Morgan fingerprint density at radius 1 is 0.943 bits per heavy atom. The van der Waals surface area contributed by atoms with Gasteiger partial charge >= 0.3 is 6.18 Å². The van der Waals surface area contributed by atoms with Crippen molar-refractivity contribution in [3.63, 3.8) is 0 Å². The molecule has 1 heterocycles. The van der Waals surface area contributed by atoms with Gasteiger partial charge in [-0.25, -0.2) is 0 Å². The second-order valence-electron chi connectivity index (χ2n) is 9.52. The highest BCUT2D eigenvalue weighted by Crippen LogP contribution is 2.30. The lowest BCUT2D eigenvalue weighted by Crippen LogP contribution is -2.51. The number of benzene rings is 3. The van der Waals surface area contributed by atoms with E-state index in [-0.39, 0.29) is 18.0 Å². The average molecular weight is 481 g/mol. The van der Waals surface area contributed by atoms with Gasteiger partial charge in [0.25, 0.3) is 5.91 Å². The van der Waals surface area contributed by atoms with Gasteiger partial charge in [0.05, 0.1) is 5.56 Å². The molecule has 0 saturated carbocycles. The van der Waals surface area contributed by atoms with Crippen molar-refractivity contribution in [1.29, 1.82) is 0 Å². The van der Waals surface area contributed by atoms with Crippen molar-refractivity contribution in [2.24, 2.45) is 0 Å². The molecule has 0 radical (unpaired) electrons. The number of hydrogen-bond acceptors (Lipinski definition) is 2. The topological polar surface area (TPSA) is 32.3 Å². The number of piperidine rings is 1. The molecule has 6 heteroatoms. The third-order valence-electron chi connectivity index (χ3n) is 6.61. The Labute approximate surface area is 205 Å². The average Bonchev–Trinajstić information content (AvgIpc) is 2.82. The number of carbonyl (C=O) groups is 1. The van der Waals surface area contributed by atoms with Crippen LogP contribution in [0.1, 0.15) is 51.0 Å². The van der Waals surface area contributed by atoms with Crippen LogP contribution < -0.4 is 5.32 Å². The Bertz CT molecular complexity index is 1140. The molecule has 0 aromatic heterocycles. The van der Waals surface area contributed by atoms with E-state index in [4.69, 9.17) is 0 Å². The summed E-state index contributed by atoms with van der Waals surface area (Å²) >= 11 is 0. The molecule has 2 atom stereocenters. The first-order valence-corrected chi connectivity index (χ1v) is 12.0. The molecule has 3 aromatic rings. The number of alkyl halides is 3. The van der Waals surface area contributed by atoms with Crippen molar-refractivity contribution in [2.75, 3.05) is 6.54 Å². The highest BCUT2D eigenvalue weighted by Gasteiger charge is 2.33. The van der Waals surface area contributed by atoms with Gasteiger partial charge in [0.2, 0.25) is 0 Å². The predicted molar refractivity (Wildman–Crippen MR) is 132 cm³/mol. The summed E-state index contributed by atoms with van der Waals surface area (Å²) in [7, 11) is 0. The molecule has 35 heavy (non-hydrogen) atoms. The first kappa shape index (κ1) is 25.0. The van der Waals surface area contributed by atoms with E-state index in [9.17, 15) is 18.0 Å². The molecule has 0 bridgehead atoms. The Hall–Kier alpha value is -3.12. The second-order valence-corrected chi connectivity index (χ2v) is 9.52. The predicted octanol–water partition coefficient (Wildman–Crippen LogP) is 6.33. The maximum atomic E-state index is 13.5. The van der Waals surface area contributed by atoms with Gasteiger partial charge in [-0.3, -0.25) is 4.79 Å². The lowest BCUT2D eigenvalue weighted by Gasteiger charge is -2.40. The smallest absolute Gasteiger partial charge is 0.335 e. The van der Waals surface area contributed by atoms with Crippen LogP contribution in [0.3, 0.4) is 0 Å². The van der Waals surface area contributed by atoms with Gasteiger partial charge in [0, 0.05) is 30.7 Å². The number of halogens is 3. The molecule has 1 fully saturated rings. The standard InChI is InChI=1S/C29H31F3N2O/c1-20-13-21(2)15-24(14-20)28(35)34-12-11-26(18-27(34)17-22-7-4-3-5-8-22)33-19-23-9-6-10-25(16-23)29(30,31)32/h3-10,13-16,26-27,33H,11-12,17-19H2,1-2H3/t26-,27+/m0/s1. The molecule has 3 nitrogen and oxygen atoms in total. The molecule has 1 saturated heterocycles. The fraction of sp³-hybridized carbons (Fsp3) is 0.345. The summed E-state index contributed by atoms with van der Waals surface area (Å²) in [4.78, 5) is 15.5. The molecule has 1 aliphatic rings. The molecular formula is C29H31F3N2O. The number of amides is 1. The van der Waals surface area contributed by atoms with Crippen LogP contribution in [0.2, 0.25) is 0 Å². The highest BCUT2D eigenvalue weighted by molar-refractivity contribution is 5.95. The van der Waals surface area contributed by atoms with Crippen molar-refractivity contribution in [3.05, 3.63) is 106 Å². The van der Waals surface area contributed by atoms with Gasteiger partial charge in [-0.1, -0.05) is 65.7 Å². The van der Waals surface area contributed by atoms with Gasteiger partial charge in [0.15, 0.2) is 0 Å². The van der Waals surface area contributed by atoms with Crippen LogP contribution in [-0.4, -0.2) is 29.4 Å². The van der Waals surface area contributed by atoms with E-state index in [0.717, 1.165) is 42.0 Å². The minimum Gasteiger partial charge on any atom is -0.335 e. The number of nitrogens with zero attached hydrogens (tertiary/aromatic N) is 1. The number of rotatable bonds is 6. The SMILES string of the molecule is Cc1cc(C)cc(C(=O)N2CC[C@H](NCc3cccc(C(F)(F)F)c3)C[C@H]2Cc2ccccc2)c1. The van der Waals surface area contributed by atoms with Crippen molar-refractivity contribution >= 4 is 5.91 Å². The van der Waals surface area contributed by atoms with E-state index >= 15 is 0 Å². The van der Waals surface area contributed by atoms with Gasteiger partial charge in [-0.2, -0.15) is 13.2 Å². The molecule has 0 aliphatic carbocycles.